The molecule has 0 fully saturated rings. The number of rotatable bonds is 6. The molecule has 0 unspecified atom stereocenters. The van der Waals surface area contributed by atoms with E-state index in [1.807, 2.05) is 32.9 Å². The van der Waals surface area contributed by atoms with Crippen LogP contribution < -0.4 is 21.3 Å². The zero-order valence-electron chi connectivity index (χ0n) is 21.0. The van der Waals surface area contributed by atoms with E-state index in [0.717, 1.165) is 38.7 Å². The molecule has 9 nitrogen and oxygen atoms in total. The van der Waals surface area contributed by atoms with Crippen LogP contribution in [0.25, 0.3) is 22.4 Å². The van der Waals surface area contributed by atoms with Gasteiger partial charge in [-0.05, 0) is 56.2 Å². The van der Waals surface area contributed by atoms with Crippen LogP contribution in [0, 0.1) is 20.8 Å². The lowest BCUT2D eigenvalue weighted by Gasteiger charge is -2.14. The molecule has 4 rings (SSSR count). The summed E-state index contributed by atoms with van der Waals surface area (Å²) in [5, 5.41) is 3.49. The van der Waals surface area contributed by atoms with E-state index in [0.29, 0.717) is 22.2 Å². The second-order valence-corrected chi connectivity index (χ2v) is 9.56. The molecule has 0 bridgehead atoms. The van der Waals surface area contributed by atoms with Crippen molar-refractivity contribution < 1.29 is 9.53 Å². The van der Waals surface area contributed by atoms with E-state index in [4.69, 9.17) is 4.74 Å². The lowest BCUT2D eigenvalue weighted by atomic mass is 10.1. The Kier molecular flexibility index (Phi) is 6.98. The van der Waals surface area contributed by atoms with Crippen molar-refractivity contribution in [2.45, 2.75) is 25.8 Å². The van der Waals surface area contributed by atoms with Crippen LogP contribution in [0.5, 0.6) is 5.75 Å². The quantitative estimate of drug-likeness (QED) is 0.316. The average molecular weight is 506 g/mol. The largest absolute Gasteiger partial charge is 0.497 e. The van der Waals surface area contributed by atoms with Crippen LogP contribution in [0.1, 0.15) is 16.7 Å². The fraction of sp³-hybridized carbons (Fsp3) is 0.269. The SMILES string of the molecule is COc1ccc(-c2nc(SCC(=O)Nc3c(C)cc(C)cc3C)c3c(=O)n(C)c(=O)n(C)c3n2)cc1. The number of methoxy groups -OCH3 is 1. The van der Waals surface area contributed by atoms with Crippen LogP contribution in [0.4, 0.5) is 5.69 Å². The third-order valence-corrected chi connectivity index (χ3v) is 6.87. The van der Waals surface area contributed by atoms with Gasteiger partial charge in [-0.3, -0.25) is 18.7 Å². The summed E-state index contributed by atoms with van der Waals surface area (Å²) in [7, 11) is 4.54. The van der Waals surface area contributed by atoms with Crippen molar-refractivity contribution in [1.29, 1.82) is 0 Å². The number of benzene rings is 2. The monoisotopic (exact) mass is 505 g/mol. The molecule has 1 amide bonds. The molecule has 0 aliphatic heterocycles. The molecule has 0 saturated carbocycles. The summed E-state index contributed by atoms with van der Waals surface area (Å²) in [6.45, 7) is 5.91. The Labute approximate surface area is 212 Å². The minimum atomic E-state index is -0.512. The molecule has 0 aliphatic rings. The van der Waals surface area contributed by atoms with Crippen LogP contribution in [-0.4, -0.2) is 37.9 Å². The Bertz CT molecular complexity index is 1580. The molecule has 0 saturated heterocycles. The first kappa shape index (κ1) is 25.2. The van der Waals surface area contributed by atoms with Crippen molar-refractivity contribution in [2.24, 2.45) is 14.1 Å². The first-order valence-corrected chi connectivity index (χ1v) is 12.2. The maximum atomic E-state index is 13.0. The Balaban J connectivity index is 1.75. The minimum Gasteiger partial charge on any atom is -0.497 e. The van der Waals surface area contributed by atoms with Crippen molar-refractivity contribution in [2.75, 3.05) is 18.2 Å². The standard InChI is InChI=1S/C26H27N5O4S/c1-14-11-15(2)21(16(3)12-14)27-19(32)13-36-24-20-23(30(4)26(34)31(5)25(20)33)28-22(29-24)17-7-9-18(35-6)10-8-17/h7-12H,13H2,1-6H3,(H,27,32). The molecular weight excluding hydrogens is 478 g/mol. The molecule has 10 heteroatoms. The van der Waals surface area contributed by atoms with E-state index < -0.39 is 11.2 Å². The van der Waals surface area contributed by atoms with Gasteiger partial charge >= 0.3 is 5.69 Å². The van der Waals surface area contributed by atoms with Crippen LogP contribution >= 0.6 is 11.8 Å². The van der Waals surface area contributed by atoms with Gasteiger partial charge in [0.2, 0.25) is 5.91 Å². The number of carbonyl (C=O) groups is 1. The van der Waals surface area contributed by atoms with Gasteiger partial charge in [-0.15, -0.1) is 0 Å². The third-order valence-electron chi connectivity index (χ3n) is 5.90. The molecule has 0 radical (unpaired) electrons. The summed E-state index contributed by atoms with van der Waals surface area (Å²) in [6.07, 6.45) is 0. The molecule has 2 aromatic heterocycles. The van der Waals surface area contributed by atoms with Gasteiger partial charge in [0, 0.05) is 25.3 Å². The summed E-state index contributed by atoms with van der Waals surface area (Å²) < 4.78 is 7.55. The molecule has 4 aromatic rings. The Morgan fingerprint density at radius 1 is 1.00 bits per heavy atom. The highest BCUT2D eigenvalue weighted by molar-refractivity contribution is 8.00. The van der Waals surface area contributed by atoms with Crippen molar-refractivity contribution in [3.05, 3.63) is 73.9 Å². The molecule has 0 atom stereocenters. The number of nitrogens with one attached hydrogen (secondary N) is 1. The summed E-state index contributed by atoms with van der Waals surface area (Å²) in [5.41, 5.74) is 3.73. The fourth-order valence-corrected chi connectivity index (χ4v) is 4.90. The second-order valence-electron chi connectivity index (χ2n) is 8.60. The highest BCUT2D eigenvalue weighted by Gasteiger charge is 2.19. The zero-order valence-corrected chi connectivity index (χ0v) is 21.8. The summed E-state index contributed by atoms with van der Waals surface area (Å²) >= 11 is 1.13. The topological polar surface area (TPSA) is 108 Å². The number of anilines is 1. The van der Waals surface area contributed by atoms with E-state index in [1.165, 1.54) is 11.6 Å². The van der Waals surface area contributed by atoms with Crippen molar-refractivity contribution in [3.63, 3.8) is 0 Å². The van der Waals surface area contributed by atoms with Crippen LogP contribution in [0.3, 0.4) is 0 Å². The number of fused-ring (bicyclic) bond motifs is 1. The van der Waals surface area contributed by atoms with Gasteiger partial charge in [-0.2, -0.15) is 0 Å². The third kappa shape index (κ3) is 4.76. The molecule has 36 heavy (non-hydrogen) atoms. The molecule has 1 N–H and O–H groups in total. The van der Waals surface area contributed by atoms with Crippen LogP contribution in [0.15, 0.2) is 51.0 Å². The molecule has 186 valence electrons. The van der Waals surface area contributed by atoms with Gasteiger partial charge in [0.25, 0.3) is 5.56 Å². The van der Waals surface area contributed by atoms with Crippen LogP contribution in [-0.2, 0) is 18.9 Å². The number of thioether (sulfide) groups is 1. The number of carbonyl (C=O) groups excluding carboxylic acids is 1. The highest BCUT2D eigenvalue weighted by atomic mass is 32.2. The Morgan fingerprint density at radius 3 is 2.25 bits per heavy atom. The lowest BCUT2D eigenvalue weighted by Crippen LogP contribution is -2.37. The normalized spacial score (nSPS) is 11.1. The minimum absolute atomic E-state index is 0.0208. The number of hydrogen-bond donors (Lipinski definition) is 1. The Hall–Kier alpha value is -3.92. The number of aromatic nitrogens is 4. The predicted molar refractivity (Wildman–Crippen MR) is 142 cm³/mol. The fourth-order valence-electron chi connectivity index (χ4n) is 4.09. The zero-order chi connectivity index (χ0) is 26.1. The lowest BCUT2D eigenvalue weighted by molar-refractivity contribution is -0.113. The first-order valence-electron chi connectivity index (χ1n) is 11.2. The van der Waals surface area contributed by atoms with E-state index >= 15 is 0 Å². The predicted octanol–water partition coefficient (Wildman–Crippen LogP) is 3.36. The number of aryl methyl sites for hydroxylation is 4. The average Bonchev–Trinajstić information content (AvgIpc) is 2.86. The number of hydrogen-bond acceptors (Lipinski definition) is 7. The van der Waals surface area contributed by atoms with E-state index in [9.17, 15) is 14.4 Å². The maximum absolute atomic E-state index is 13.0. The summed E-state index contributed by atoms with van der Waals surface area (Å²) in [6, 6.07) is 11.2. The molecule has 0 spiro atoms. The summed E-state index contributed by atoms with van der Waals surface area (Å²) in [5.74, 6) is 0.803. The van der Waals surface area contributed by atoms with Gasteiger partial charge in [-0.1, -0.05) is 29.5 Å². The van der Waals surface area contributed by atoms with E-state index in [-0.39, 0.29) is 22.7 Å². The van der Waals surface area contributed by atoms with E-state index in [1.54, 1.807) is 38.4 Å². The van der Waals surface area contributed by atoms with Crippen molar-refractivity contribution in [3.8, 4) is 17.1 Å². The number of amides is 1. The molecule has 0 aliphatic carbocycles. The van der Waals surface area contributed by atoms with Gasteiger partial charge in [-0.25, -0.2) is 14.8 Å². The van der Waals surface area contributed by atoms with Gasteiger partial charge in [0.15, 0.2) is 11.5 Å². The number of ether oxygens (including phenoxy) is 1. The molecule has 2 heterocycles. The second kappa shape index (κ2) is 9.98. The molecular formula is C26H27N5O4S. The van der Waals surface area contributed by atoms with E-state index in [2.05, 4.69) is 15.3 Å². The number of nitrogens with zero attached hydrogens (tertiary/aromatic N) is 4. The van der Waals surface area contributed by atoms with Crippen molar-refractivity contribution in [1.82, 2.24) is 19.1 Å². The van der Waals surface area contributed by atoms with Crippen LogP contribution in [0.2, 0.25) is 0 Å². The Morgan fingerprint density at radius 2 is 1.64 bits per heavy atom. The highest BCUT2D eigenvalue weighted by Crippen LogP contribution is 2.28. The van der Waals surface area contributed by atoms with Gasteiger partial charge in [0.1, 0.15) is 16.2 Å². The maximum Gasteiger partial charge on any atom is 0.332 e. The van der Waals surface area contributed by atoms with Crippen molar-refractivity contribution >= 4 is 34.4 Å². The molecule has 2 aromatic carbocycles. The van der Waals surface area contributed by atoms with Gasteiger partial charge < -0.3 is 10.1 Å². The first-order chi connectivity index (χ1) is 17.1. The summed E-state index contributed by atoms with van der Waals surface area (Å²) in [4.78, 5) is 47.7. The van der Waals surface area contributed by atoms with Gasteiger partial charge in [0.05, 0.1) is 12.9 Å². The smallest absolute Gasteiger partial charge is 0.332 e.